The predicted octanol–water partition coefficient (Wildman–Crippen LogP) is 2.96. The number of H-pyrrole nitrogens is 1. The Kier molecular flexibility index (Phi) is 3.41. The molecular formula is C15H20N2O. The lowest BCUT2D eigenvalue weighted by molar-refractivity contribution is 0.655. The zero-order chi connectivity index (χ0) is 13.3. The fraction of sp³-hybridized carbons (Fsp3) is 0.400. The van der Waals surface area contributed by atoms with Crippen molar-refractivity contribution in [2.75, 3.05) is 0 Å². The van der Waals surface area contributed by atoms with Crippen molar-refractivity contribution in [3.8, 4) is 0 Å². The van der Waals surface area contributed by atoms with Gasteiger partial charge in [0.1, 0.15) is 0 Å². The highest BCUT2D eigenvalue weighted by molar-refractivity contribution is 5.23. The van der Waals surface area contributed by atoms with Crippen molar-refractivity contribution >= 4 is 0 Å². The molecule has 96 valence electrons. The minimum absolute atomic E-state index is 0.100. The van der Waals surface area contributed by atoms with Crippen molar-refractivity contribution in [3.05, 3.63) is 57.0 Å². The van der Waals surface area contributed by atoms with E-state index in [-0.39, 0.29) is 11.5 Å². The Morgan fingerprint density at radius 3 is 2.28 bits per heavy atom. The maximum atomic E-state index is 12.2. The molecule has 0 spiro atoms. The summed E-state index contributed by atoms with van der Waals surface area (Å²) in [5.74, 6) is 0.257. The molecule has 0 radical (unpaired) electrons. The number of benzene rings is 1. The Bertz CT molecular complexity index is 588. The summed E-state index contributed by atoms with van der Waals surface area (Å²) in [6, 6.07) is 8.26. The van der Waals surface area contributed by atoms with Crippen LogP contribution in [0.4, 0.5) is 0 Å². The highest BCUT2D eigenvalue weighted by atomic mass is 16.1. The van der Waals surface area contributed by atoms with E-state index < -0.39 is 0 Å². The topological polar surface area (TPSA) is 37.8 Å². The normalized spacial score (nSPS) is 11.2. The number of rotatable bonds is 3. The van der Waals surface area contributed by atoms with Crippen LogP contribution in [-0.4, -0.2) is 9.78 Å². The number of aryl methyl sites for hydroxylation is 2. The average Bonchev–Trinajstić information content (AvgIpc) is 2.57. The van der Waals surface area contributed by atoms with E-state index in [1.807, 2.05) is 20.8 Å². The van der Waals surface area contributed by atoms with E-state index in [2.05, 4.69) is 36.3 Å². The minimum atomic E-state index is 0.100. The SMILES string of the molecule is Cc1ccc(Cn2[nH]c(C)c(C(C)C)c2=O)cc1. The first-order valence-corrected chi connectivity index (χ1v) is 6.34. The molecule has 0 saturated carbocycles. The standard InChI is InChI=1S/C15H20N2O/c1-10(2)14-12(4)16-17(15(14)18)9-13-7-5-11(3)6-8-13/h5-8,10,16H,9H2,1-4H3. The molecule has 0 amide bonds. The van der Waals surface area contributed by atoms with Crippen molar-refractivity contribution in [1.82, 2.24) is 9.78 Å². The summed E-state index contributed by atoms with van der Waals surface area (Å²) in [7, 11) is 0. The Hall–Kier alpha value is -1.77. The lowest BCUT2D eigenvalue weighted by atomic mass is 10.1. The van der Waals surface area contributed by atoms with Gasteiger partial charge in [0.05, 0.1) is 6.54 Å². The van der Waals surface area contributed by atoms with Crippen molar-refractivity contribution in [3.63, 3.8) is 0 Å². The van der Waals surface area contributed by atoms with Gasteiger partial charge in [0.2, 0.25) is 0 Å². The van der Waals surface area contributed by atoms with Gasteiger partial charge in [-0.2, -0.15) is 0 Å². The molecule has 0 bridgehead atoms. The second kappa shape index (κ2) is 4.84. The van der Waals surface area contributed by atoms with Gasteiger partial charge < -0.3 is 0 Å². The predicted molar refractivity (Wildman–Crippen MR) is 74.2 cm³/mol. The number of nitrogens with one attached hydrogen (secondary N) is 1. The Morgan fingerprint density at radius 2 is 1.78 bits per heavy atom. The Balaban J connectivity index is 2.33. The molecule has 1 N–H and O–H groups in total. The number of nitrogens with zero attached hydrogens (tertiary/aromatic N) is 1. The van der Waals surface area contributed by atoms with Crippen LogP contribution < -0.4 is 5.56 Å². The molecule has 1 aromatic carbocycles. The lowest BCUT2D eigenvalue weighted by Crippen LogP contribution is -2.20. The van der Waals surface area contributed by atoms with E-state index in [4.69, 9.17) is 0 Å². The van der Waals surface area contributed by atoms with Gasteiger partial charge in [0, 0.05) is 11.3 Å². The molecule has 0 aliphatic carbocycles. The molecule has 2 rings (SSSR count). The second-order valence-electron chi connectivity index (χ2n) is 5.18. The molecule has 2 aromatic rings. The van der Waals surface area contributed by atoms with Crippen LogP contribution in [0, 0.1) is 13.8 Å². The average molecular weight is 244 g/mol. The lowest BCUT2D eigenvalue weighted by Gasteiger charge is -2.03. The second-order valence-corrected chi connectivity index (χ2v) is 5.18. The van der Waals surface area contributed by atoms with Crippen LogP contribution in [-0.2, 0) is 6.54 Å². The maximum Gasteiger partial charge on any atom is 0.270 e. The molecule has 3 heteroatoms. The first kappa shape index (κ1) is 12.7. The van der Waals surface area contributed by atoms with Gasteiger partial charge in [-0.3, -0.25) is 9.89 Å². The van der Waals surface area contributed by atoms with Crippen LogP contribution in [0.5, 0.6) is 0 Å². The van der Waals surface area contributed by atoms with E-state index >= 15 is 0 Å². The first-order valence-electron chi connectivity index (χ1n) is 6.34. The minimum Gasteiger partial charge on any atom is -0.299 e. The van der Waals surface area contributed by atoms with Gasteiger partial charge in [-0.15, -0.1) is 0 Å². The fourth-order valence-corrected chi connectivity index (χ4v) is 2.29. The summed E-state index contributed by atoms with van der Waals surface area (Å²) >= 11 is 0. The Labute approximate surface area is 107 Å². The number of hydrogen-bond acceptors (Lipinski definition) is 1. The maximum absolute atomic E-state index is 12.2. The summed E-state index contributed by atoms with van der Waals surface area (Å²) < 4.78 is 1.69. The molecular weight excluding hydrogens is 224 g/mol. The van der Waals surface area contributed by atoms with Gasteiger partial charge in [-0.1, -0.05) is 43.7 Å². The quantitative estimate of drug-likeness (QED) is 0.885. The first-order chi connectivity index (χ1) is 8.49. The summed E-state index contributed by atoms with van der Waals surface area (Å²) in [4.78, 5) is 12.2. The van der Waals surface area contributed by atoms with E-state index in [9.17, 15) is 4.79 Å². The molecule has 1 heterocycles. The number of hydrogen-bond donors (Lipinski definition) is 1. The van der Waals surface area contributed by atoms with Gasteiger partial charge in [-0.25, -0.2) is 4.68 Å². The molecule has 0 aliphatic rings. The number of aromatic amines is 1. The van der Waals surface area contributed by atoms with Crippen molar-refractivity contribution < 1.29 is 0 Å². The Morgan fingerprint density at radius 1 is 1.17 bits per heavy atom. The molecule has 0 unspecified atom stereocenters. The molecule has 0 atom stereocenters. The van der Waals surface area contributed by atoms with Gasteiger partial charge in [-0.05, 0) is 25.3 Å². The third kappa shape index (κ3) is 2.40. The van der Waals surface area contributed by atoms with Crippen molar-refractivity contribution in [1.29, 1.82) is 0 Å². The summed E-state index contributed by atoms with van der Waals surface area (Å²) in [5, 5.41) is 3.16. The highest BCUT2D eigenvalue weighted by Gasteiger charge is 2.13. The summed E-state index contributed by atoms with van der Waals surface area (Å²) in [5.41, 5.74) is 4.34. The van der Waals surface area contributed by atoms with Crippen LogP contribution in [0.3, 0.4) is 0 Å². The van der Waals surface area contributed by atoms with Crippen LogP contribution in [0.2, 0.25) is 0 Å². The van der Waals surface area contributed by atoms with E-state index in [1.165, 1.54) is 5.56 Å². The smallest absolute Gasteiger partial charge is 0.270 e. The summed E-state index contributed by atoms with van der Waals surface area (Å²) in [6.07, 6.45) is 0. The highest BCUT2D eigenvalue weighted by Crippen LogP contribution is 2.13. The number of aromatic nitrogens is 2. The third-order valence-electron chi connectivity index (χ3n) is 3.22. The zero-order valence-corrected chi connectivity index (χ0v) is 11.4. The van der Waals surface area contributed by atoms with Crippen LogP contribution in [0.25, 0.3) is 0 Å². The molecule has 0 fully saturated rings. The van der Waals surface area contributed by atoms with E-state index in [0.717, 1.165) is 16.8 Å². The largest absolute Gasteiger partial charge is 0.299 e. The monoisotopic (exact) mass is 244 g/mol. The molecule has 0 saturated heterocycles. The third-order valence-corrected chi connectivity index (χ3v) is 3.22. The molecule has 1 aromatic heterocycles. The van der Waals surface area contributed by atoms with E-state index in [0.29, 0.717) is 6.54 Å². The molecule has 3 nitrogen and oxygen atoms in total. The van der Waals surface area contributed by atoms with Gasteiger partial charge >= 0.3 is 0 Å². The molecule has 0 aliphatic heterocycles. The van der Waals surface area contributed by atoms with Crippen LogP contribution in [0.15, 0.2) is 29.1 Å². The van der Waals surface area contributed by atoms with Crippen LogP contribution >= 0.6 is 0 Å². The fourth-order valence-electron chi connectivity index (χ4n) is 2.29. The zero-order valence-electron chi connectivity index (χ0n) is 11.4. The van der Waals surface area contributed by atoms with Gasteiger partial charge in [0.25, 0.3) is 5.56 Å². The molecule has 18 heavy (non-hydrogen) atoms. The van der Waals surface area contributed by atoms with Crippen LogP contribution in [0.1, 0.15) is 42.1 Å². The van der Waals surface area contributed by atoms with E-state index in [1.54, 1.807) is 4.68 Å². The van der Waals surface area contributed by atoms with Crippen molar-refractivity contribution in [2.24, 2.45) is 0 Å². The van der Waals surface area contributed by atoms with Gasteiger partial charge in [0.15, 0.2) is 0 Å². The van der Waals surface area contributed by atoms with Crippen molar-refractivity contribution in [2.45, 2.75) is 40.2 Å². The summed E-state index contributed by atoms with van der Waals surface area (Å²) in [6.45, 7) is 8.72.